The summed E-state index contributed by atoms with van der Waals surface area (Å²) in [7, 11) is 2.69. The van der Waals surface area contributed by atoms with Gasteiger partial charge in [-0.3, -0.25) is 14.4 Å². The minimum absolute atomic E-state index is 0.554. The predicted octanol–water partition coefficient (Wildman–Crippen LogP) is -1.35. The zero-order valence-corrected chi connectivity index (χ0v) is 19.4. The van der Waals surface area contributed by atoms with Crippen LogP contribution in [-0.4, -0.2) is 110 Å². The molecule has 0 aromatic carbocycles. The molecular formula is C20H32O13. The van der Waals surface area contributed by atoms with E-state index in [2.05, 4.69) is 0 Å². The van der Waals surface area contributed by atoms with E-state index >= 15 is 0 Å². The first-order valence-corrected chi connectivity index (χ1v) is 10.4. The van der Waals surface area contributed by atoms with Crippen LogP contribution < -0.4 is 0 Å². The third-order valence-electron chi connectivity index (χ3n) is 5.26. The highest BCUT2D eigenvalue weighted by Gasteiger charge is 2.54. The Morgan fingerprint density at radius 3 is 1.76 bits per heavy atom. The number of aliphatic hydroxyl groups excluding tert-OH is 2. The molecule has 13 heteroatoms. The molecule has 0 aromatic rings. The molecule has 0 spiro atoms. The van der Waals surface area contributed by atoms with Gasteiger partial charge in [0.1, 0.15) is 24.4 Å². The van der Waals surface area contributed by atoms with E-state index in [1.807, 2.05) is 0 Å². The Balaban J connectivity index is 2.41. The van der Waals surface area contributed by atoms with Gasteiger partial charge in [-0.25, -0.2) is 0 Å². The van der Waals surface area contributed by atoms with Gasteiger partial charge in [-0.2, -0.15) is 0 Å². The molecule has 0 unspecified atom stereocenters. The summed E-state index contributed by atoms with van der Waals surface area (Å²) in [5.41, 5.74) is 0. The maximum atomic E-state index is 11.8. The average molecular weight is 480 g/mol. The minimum atomic E-state index is -1.41. The van der Waals surface area contributed by atoms with Crippen LogP contribution in [0.3, 0.4) is 0 Å². The number of ether oxygens (including phenoxy) is 8. The number of aliphatic hydroxyl groups is 2. The number of carbonyl (C=O) groups is 3. The molecule has 2 aliphatic rings. The van der Waals surface area contributed by atoms with Crippen molar-refractivity contribution < 1.29 is 62.5 Å². The van der Waals surface area contributed by atoms with Crippen LogP contribution in [0.2, 0.25) is 0 Å². The lowest BCUT2D eigenvalue weighted by atomic mass is 9.96. The molecule has 2 rings (SSSR count). The lowest BCUT2D eigenvalue weighted by Crippen LogP contribution is -2.65. The third-order valence-corrected chi connectivity index (χ3v) is 5.26. The standard InChI is InChI=1S/C20H32O13/c1-8-13(29-9(2)22)16(30-10(3)23)18(31-11(4)24)20(28-8)33-14-12(7-21)32-19(25)17(27-6)15(14)26-5/h8,12-21,25H,7H2,1-6H3/t8-,12-,13+,14+,15+,16-,17-,18-,19+,20+/m1/s1. The van der Waals surface area contributed by atoms with E-state index < -0.39 is 85.9 Å². The van der Waals surface area contributed by atoms with Crippen LogP contribution in [0, 0.1) is 0 Å². The second-order valence-electron chi connectivity index (χ2n) is 7.68. The maximum absolute atomic E-state index is 11.8. The summed E-state index contributed by atoms with van der Waals surface area (Å²) in [5.74, 6) is -2.11. The van der Waals surface area contributed by atoms with Gasteiger partial charge in [0.15, 0.2) is 30.9 Å². The summed E-state index contributed by atoms with van der Waals surface area (Å²) in [6.07, 6.45) is -11.3. The van der Waals surface area contributed by atoms with E-state index in [1.54, 1.807) is 6.92 Å². The van der Waals surface area contributed by atoms with Gasteiger partial charge in [-0.1, -0.05) is 0 Å². The van der Waals surface area contributed by atoms with E-state index in [-0.39, 0.29) is 0 Å². The number of hydrogen-bond acceptors (Lipinski definition) is 13. The predicted molar refractivity (Wildman–Crippen MR) is 105 cm³/mol. The van der Waals surface area contributed by atoms with Crippen LogP contribution in [0.5, 0.6) is 0 Å². The smallest absolute Gasteiger partial charge is 0.303 e. The number of methoxy groups -OCH3 is 2. The summed E-state index contributed by atoms with van der Waals surface area (Å²) < 4.78 is 43.9. The van der Waals surface area contributed by atoms with Crippen molar-refractivity contribution in [1.29, 1.82) is 0 Å². The third kappa shape index (κ3) is 6.59. The Morgan fingerprint density at radius 2 is 1.27 bits per heavy atom. The summed E-state index contributed by atoms with van der Waals surface area (Å²) in [6, 6.07) is 0. The van der Waals surface area contributed by atoms with Gasteiger partial charge < -0.3 is 48.1 Å². The van der Waals surface area contributed by atoms with Gasteiger partial charge in [-0.15, -0.1) is 0 Å². The lowest BCUT2D eigenvalue weighted by Gasteiger charge is -2.48. The fraction of sp³-hybridized carbons (Fsp3) is 0.850. The van der Waals surface area contributed by atoms with Crippen molar-refractivity contribution in [3.05, 3.63) is 0 Å². The van der Waals surface area contributed by atoms with Crippen molar-refractivity contribution in [2.45, 2.75) is 89.1 Å². The highest BCUT2D eigenvalue weighted by atomic mass is 16.8. The van der Waals surface area contributed by atoms with Crippen LogP contribution in [0.1, 0.15) is 27.7 Å². The van der Waals surface area contributed by atoms with Crippen molar-refractivity contribution in [3.63, 3.8) is 0 Å². The quantitative estimate of drug-likeness (QED) is 0.310. The molecule has 2 fully saturated rings. The van der Waals surface area contributed by atoms with E-state index in [1.165, 1.54) is 21.1 Å². The molecule has 0 saturated carbocycles. The Labute approximate surface area is 191 Å². The number of hydrogen-bond donors (Lipinski definition) is 2. The zero-order valence-electron chi connectivity index (χ0n) is 19.4. The number of rotatable bonds is 8. The summed E-state index contributed by atoms with van der Waals surface area (Å²) in [4.78, 5) is 35.3. The fourth-order valence-electron chi connectivity index (χ4n) is 3.96. The molecule has 13 nitrogen and oxygen atoms in total. The van der Waals surface area contributed by atoms with Gasteiger partial charge >= 0.3 is 17.9 Å². The van der Waals surface area contributed by atoms with Crippen molar-refractivity contribution in [3.8, 4) is 0 Å². The Kier molecular flexibility index (Phi) is 9.97. The van der Waals surface area contributed by atoms with Gasteiger partial charge in [-0.05, 0) is 6.92 Å². The Morgan fingerprint density at radius 1 is 0.758 bits per heavy atom. The largest absolute Gasteiger partial charge is 0.456 e. The van der Waals surface area contributed by atoms with E-state index in [4.69, 9.17) is 37.9 Å². The Bertz CT molecular complexity index is 685. The molecule has 0 radical (unpaired) electrons. The molecule has 2 N–H and O–H groups in total. The molecule has 190 valence electrons. The van der Waals surface area contributed by atoms with Crippen molar-refractivity contribution in [2.24, 2.45) is 0 Å². The summed E-state index contributed by atoms with van der Waals surface area (Å²) in [6.45, 7) is 4.46. The molecular weight excluding hydrogens is 448 g/mol. The molecule has 2 saturated heterocycles. The molecule has 33 heavy (non-hydrogen) atoms. The monoisotopic (exact) mass is 480 g/mol. The van der Waals surface area contributed by atoms with E-state index in [0.717, 1.165) is 13.8 Å². The molecule has 2 aliphatic heterocycles. The highest BCUT2D eigenvalue weighted by molar-refractivity contribution is 5.68. The van der Waals surface area contributed by atoms with E-state index in [9.17, 15) is 24.6 Å². The van der Waals surface area contributed by atoms with Gasteiger partial charge in [0.25, 0.3) is 0 Å². The normalized spacial score (nSPS) is 38.9. The van der Waals surface area contributed by atoms with Crippen LogP contribution in [0.15, 0.2) is 0 Å². The first-order valence-electron chi connectivity index (χ1n) is 10.4. The van der Waals surface area contributed by atoms with E-state index in [0.29, 0.717) is 0 Å². The maximum Gasteiger partial charge on any atom is 0.303 e. The molecule has 0 aromatic heterocycles. The second-order valence-corrected chi connectivity index (χ2v) is 7.68. The molecule has 0 aliphatic carbocycles. The molecule has 10 atom stereocenters. The molecule has 0 bridgehead atoms. The minimum Gasteiger partial charge on any atom is -0.456 e. The van der Waals surface area contributed by atoms with Crippen molar-refractivity contribution >= 4 is 17.9 Å². The summed E-state index contributed by atoms with van der Waals surface area (Å²) in [5, 5.41) is 20.0. The number of esters is 3. The van der Waals surface area contributed by atoms with Crippen molar-refractivity contribution in [1.82, 2.24) is 0 Å². The molecule has 2 heterocycles. The zero-order chi connectivity index (χ0) is 24.9. The molecule has 0 amide bonds. The van der Waals surface area contributed by atoms with Crippen LogP contribution in [-0.2, 0) is 52.3 Å². The topological polar surface area (TPSA) is 166 Å². The fourth-order valence-corrected chi connectivity index (χ4v) is 3.96. The summed E-state index contributed by atoms with van der Waals surface area (Å²) >= 11 is 0. The first kappa shape index (κ1) is 27.4. The van der Waals surface area contributed by atoms with Crippen LogP contribution in [0.25, 0.3) is 0 Å². The van der Waals surface area contributed by atoms with Gasteiger partial charge in [0.05, 0.1) is 12.7 Å². The average Bonchev–Trinajstić information content (AvgIpc) is 2.72. The van der Waals surface area contributed by atoms with Crippen LogP contribution in [0.4, 0.5) is 0 Å². The lowest BCUT2D eigenvalue weighted by molar-refractivity contribution is -0.356. The second kappa shape index (κ2) is 12.0. The highest BCUT2D eigenvalue weighted by Crippen LogP contribution is 2.33. The SMILES string of the molecule is CO[C@@H]1[C@@H](OC)[C@@H](O)O[C@H](CO)[C@@H]1O[C@@H]1O[C@H](C)[C@H](OC(C)=O)[C@@H](OC(C)=O)[C@H]1OC(C)=O. The first-order chi connectivity index (χ1) is 15.5. The van der Waals surface area contributed by atoms with Crippen molar-refractivity contribution in [2.75, 3.05) is 20.8 Å². The van der Waals surface area contributed by atoms with Gasteiger partial charge in [0, 0.05) is 35.0 Å². The van der Waals surface area contributed by atoms with Crippen LogP contribution >= 0.6 is 0 Å². The number of carbonyl (C=O) groups excluding carboxylic acids is 3. The Hall–Kier alpha value is -1.87. The van der Waals surface area contributed by atoms with Gasteiger partial charge in [0.2, 0.25) is 0 Å².